The Kier molecular flexibility index (Phi) is 2.90. The zero-order valence-electron chi connectivity index (χ0n) is 11.9. The largest absolute Gasteiger partial charge is 0.326 e. The van der Waals surface area contributed by atoms with Gasteiger partial charge in [-0.2, -0.15) is 0 Å². The summed E-state index contributed by atoms with van der Waals surface area (Å²) >= 11 is 0. The Morgan fingerprint density at radius 2 is 1.68 bits per heavy atom. The SMILES string of the molecule is NC1CCN(CC#CC23CC4CC(CC(C4)C2)C3)C1. The van der Waals surface area contributed by atoms with E-state index in [1.165, 1.54) is 38.5 Å². The van der Waals surface area contributed by atoms with E-state index in [9.17, 15) is 0 Å². The second-order valence-corrected chi connectivity index (χ2v) is 7.78. The van der Waals surface area contributed by atoms with E-state index in [0.717, 1.165) is 43.8 Å². The van der Waals surface area contributed by atoms with Crippen LogP contribution in [0.4, 0.5) is 0 Å². The molecule has 1 atom stereocenters. The van der Waals surface area contributed by atoms with Crippen LogP contribution in [0.5, 0.6) is 0 Å². The van der Waals surface area contributed by atoms with Gasteiger partial charge in [-0.1, -0.05) is 11.8 Å². The standard InChI is InChI=1S/C17H26N2/c18-16-2-5-19(12-16)4-1-3-17-9-13-6-14(10-17)8-15(7-13)11-17/h13-16H,2,4-12,18H2. The number of hydrogen-bond donors (Lipinski definition) is 1. The van der Waals surface area contributed by atoms with E-state index in [1.807, 2.05) is 0 Å². The molecule has 0 aromatic heterocycles. The van der Waals surface area contributed by atoms with Gasteiger partial charge in [-0.25, -0.2) is 0 Å². The molecule has 4 bridgehead atoms. The summed E-state index contributed by atoms with van der Waals surface area (Å²) in [5.41, 5.74) is 6.38. The quantitative estimate of drug-likeness (QED) is 0.731. The molecule has 1 unspecified atom stereocenters. The van der Waals surface area contributed by atoms with E-state index in [0.29, 0.717) is 11.5 Å². The maximum Gasteiger partial charge on any atom is 0.0602 e. The summed E-state index contributed by atoms with van der Waals surface area (Å²) in [6, 6.07) is 0.390. The smallest absolute Gasteiger partial charge is 0.0602 e. The van der Waals surface area contributed by atoms with Gasteiger partial charge in [0.15, 0.2) is 0 Å². The van der Waals surface area contributed by atoms with E-state index in [2.05, 4.69) is 16.7 Å². The van der Waals surface area contributed by atoms with Crippen LogP contribution in [0.25, 0.3) is 0 Å². The van der Waals surface area contributed by atoms with Crippen LogP contribution in [0.3, 0.4) is 0 Å². The summed E-state index contributed by atoms with van der Waals surface area (Å²) in [7, 11) is 0. The number of nitrogens with two attached hydrogens (primary N) is 1. The maximum absolute atomic E-state index is 5.95. The van der Waals surface area contributed by atoms with Crippen molar-refractivity contribution in [2.45, 2.75) is 51.0 Å². The van der Waals surface area contributed by atoms with E-state index >= 15 is 0 Å². The summed E-state index contributed by atoms with van der Waals surface area (Å²) in [5, 5.41) is 0. The van der Waals surface area contributed by atoms with Crippen LogP contribution in [0, 0.1) is 35.0 Å². The lowest BCUT2D eigenvalue weighted by Crippen LogP contribution is -2.45. The predicted molar refractivity (Wildman–Crippen MR) is 77.4 cm³/mol. The van der Waals surface area contributed by atoms with Crippen molar-refractivity contribution >= 4 is 0 Å². The highest BCUT2D eigenvalue weighted by atomic mass is 15.2. The molecule has 2 heteroatoms. The monoisotopic (exact) mass is 258 g/mol. The first kappa shape index (κ1) is 12.2. The highest BCUT2D eigenvalue weighted by Crippen LogP contribution is 2.59. The molecule has 2 N–H and O–H groups in total. The van der Waals surface area contributed by atoms with Gasteiger partial charge in [0.2, 0.25) is 0 Å². The Balaban J connectivity index is 1.42. The molecule has 1 heterocycles. The number of likely N-dealkylation sites (tertiary alicyclic amines) is 1. The molecule has 4 saturated carbocycles. The van der Waals surface area contributed by atoms with Crippen molar-refractivity contribution in [2.24, 2.45) is 28.9 Å². The zero-order valence-corrected chi connectivity index (χ0v) is 11.9. The first-order valence-corrected chi connectivity index (χ1v) is 8.19. The van der Waals surface area contributed by atoms with Crippen molar-refractivity contribution < 1.29 is 0 Å². The van der Waals surface area contributed by atoms with Gasteiger partial charge in [0.1, 0.15) is 0 Å². The first-order valence-electron chi connectivity index (χ1n) is 8.19. The number of rotatable bonds is 1. The minimum Gasteiger partial charge on any atom is -0.326 e. The Hall–Kier alpha value is -0.520. The highest BCUT2D eigenvalue weighted by molar-refractivity contribution is 5.19. The lowest BCUT2D eigenvalue weighted by atomic mass is 9.50. The summed E-state index contributed by atoms with van der Waals surface area (Å²) in [4.78, 5) is 2.43. The van der Waals surface area contributed by atoms with E-state index in [4.69, 9.17) is 5.73 Å². The van der Waals surface area contributed by atoms with Crippen molar-refractivity contribution in [2.75, 3.05) is 19.6 Å². The molecule has 5 fully saturated rings. The third kappa shape index (κ3) is 2.32. The summed E-state index contributed by atoms with van der Waals surface area (Å²) in [6.07, 6.45) is 9.92. The lowest BCUT2D eigenvalue weighted by molar-refractivity contribution is -0.0182. The summed E-state index contributed by atoms with van der Waals surface area (Å²) < 4.78 is 0. The second kappa shape index (κ2) is 4.50. The molecule has 5 aliphatic rings. The van der Waals surface area contributed by atoms with Crippen molar-refractivity contribution in [3.8, 4) is 11.8 Å². The van der Waals surface area contributed by atoms with E-state index in [-0.39, 0.29) is 0 Å². The molecule has 4 aliphatic carbocycles. The third-order valence-electron chi connectivity index (χ3n) is 6.00. The van der Waals surface area contributed by atoms with Crippen molar-refractivity contribution in [3.63, 3.8) is 0 Å². The van der Waals surface area contributed by atoms with E-state index in [1.54, 1.807) is 0 Å². The van der Waals surface area contributed by atoms with Crippen molar-refractivity contribution in [1.82, 2.24) is 4.90 Å². The Morgan fingerprint density at radius 3 is 2.21 bits per heavy atom. The fourth-order valence-corrected chi connectivity index (χ4v) is 5.61. The van der Waals surface area contributed by atoms with Crippen LogP contribution in [0.1, 0.15) is 44.9 Å². The minimum absolute atomic E-state index is 0.390. The number of nitrogens with zero attached hydrogens (tertiary/aromatic N) is 1. The summed E-state index contributed by atoms with van der Waals surface area (Å²) in [6.45, 7) is 3.15. The minimum atomic E-state index is 0.390. The van der Waals surface area contributed by atoms with Crippen LogP contribution in [0.2, 0.25) is 0 Å². The van der Waals surface area contributed by atoms with Gasteiger partial charge in [0.25, 0.3) is 0 Å². The van der Waals surface area contributed by atoms with Crippen LogP contribution < -0.4 is 5.73 Å². The molecule has 19 heavy (non-hydrogen) atoms. The average molecular weight is 258 g/mol. The zero-order chi connectivity index (χ0) is 12.9. The van der Waals surface area contributed by atoms with Crippen molar-refractivity contribution in [3.05, 3.63) is 0 Å². The molecule has 1 saturated heterocycles. The van der Waals surface area contributed by atoms with Crippen LogP contribution in [-0.4, -0.2) is 30.6 Å². The molecular formula is C17H26N2. The van der Waals surface area contributed by atoms with Crippen LogP contribution in [-0.2, 0) is 0 Å². The van der Waals surface area contributed by atoms with E-state index < -0.39 is 0 Å². The molecule has 0 spiro atoms. The Labute approximate surface area is 117 Å². The van der Waals surface area contributed by atoms with Gasteiger partial charge in [-0.15, -0.1) is 0 Å². The van der Waals surface area contributed by atoms with Gasteiger partial charge >= 0.3 is 0 Å². The van der Waals surface area contributed by atoms with Gasteiger partial charge in [0, 0.05) is 24.5 Å². The molecule has 0 radical (unpaired) electrons. The molecule has 2 nitrogen and oxygen atoms in total. The molecular weight excluding hydrogens is 232 g/mol. The second-order valence-electron chi connectivity index (χ2n) is 7.78. The molecule has 0 amide bonds. The Bertz CT molecular complexity index is 381. The normalized spacial score (nSPS) is 48.3. The fourth-order valence-electron chi connectivity index (χ4n) is 5.61. The predicted octanol–water partition coefficient (Wildman–Crippen LogP) is 2.24. The van der Waals surface area contributed by atoms with Gasteiger partial charge in [0.05, 0.1) is 6.54 Å². The van der Waals surface area contributed by atoms with Crippen molar-refractivity contribution in [1.29, 1.82) is 0 Å². The van der Waals surface area contributed by atoms with Gasteiger partial charge in [-0.05, 0) is 62.7 Å². The Morgan fingerprint density at radius 1 is 1.05 bits per heavy atom. The molecule has 0 aromatic rings. The van der Waals surface area contributed by atoms with Gasteiger partial charge < -0.3 is 5.73 Å². The summed E-state index contributed by atoms with van der Waals surface area (Å²) in [5.74, 6) is 10.3. The molecule has 0 aromatic carbocycles. The number of hydrogen-bond acceptors (Lipinski definition) is 2. The maximum atomic E-state index is 5.95. The molecule has 104 valence electrons. The molecule has 5 rings (SSSR count). The highest BCUT2D eigenvalue weighted by Gasteiger charge is 2.50. The first-order chi connectivity index (χ1) is 9.21. The lowest BCUT2D eigenvalue weighted by Gasteiger charge is -2.54. The molecule has 1 aliphatic heterocycles. The third-order valence-corrected chi connectivity index (χ3v) is 6.00. The van der Waals surface area contributed by atoms with Gasteiger partial charge in [-0.3, -0.25) is 4.90 Å². The van der Waals surface area contributed by atoms with Crippen LogP contribution in [0.15, 0.2) is 0 Å². The average Bonchev–Trinajstić information content (AvgIpc) is 2.73. The topological polar surface area (TPSA) is 29.3 Å². The fraction of sp³-hybridized carbons (Fsp3) is 0.882. The van der Waals surface area contributed by atoms with Crippen LogP contribution >= 0.6 is 0 Å².